The minimum atomic E-state index is -0.645. The average Bonchev–Trinajstić information content (AvgIpc) is 3.11. The van der Waals surface area contributed by atoms with Crippen molar-refractivity contribution in [1.29, 1.82) is 0 Å². The summed E-state index contributed by atoms with van der Waals surface area (Å²) < 4.78 is 0. The van der Waals surface area contributed by atoms with Gasteiger partial charge in [-0.2, -0.15) is 0 Å². The van der Waals surface area contributed by atoms with Crippen molar-refractivity contribution < 1.29 is 14.8 Å². The van der Waals surface area contributed by atoms with Gasteiger partial charge in [-0.25, -0.2) is 10.5 Å². The molecule has 2 amide bonds. The highest BCUT2D eigenvalue weighted by atomic mass is 16.5. The van der Waals surface area contributed by atoms with Crippen LogP contribution in [0.2, 0.25) is 0 Å². The van der Waals surface area contributed by atoms with Gasteiger partial charge in [-0.3, -0.25) is 19.8 Å². The minimum Gasteiger partial charge on any atom is -0.357 e. The second-order valence-corrected chi connectivity index (χ2v) is 5.73. The van der Waals surface area contributed by atoms with E-state index in [1.54, 1.807) is 0 Å². The zero-order chi connectivity index (χ0) is 17.4. The molecule has 1 saturated carbocycles. The zero-order valence-corrected chi connectivity index (χ0v) is 13.7. The van der Waals surface area contributed by atoms with Gasteiger partial charge in [-0.1, -0.05) is 19.8 Å². The third-order valence-electron chi connectivity index (χ3n) is 3.94. The van der Waals surface area contributed by atoms with Crippen molar-refractivity contribution in [2.45, 2.75) is 51.1 Å². The molecule has 1 aliphatic rings. The number of hydrogen-bond donors (Lipinski definition) is 4. The Morgan fingerprint density at radius 2 is 2.08 bits per heavy atom. The Hall–Kier alpha value is -2.48. The maximum absolute atomic E-state index is 12.3. The molecule has 0 saturated heterocycles. The fourth-order valence-electron chi connectivity index (χ4n) is 2.60. The van der Waals surface area contributed by atoms with Crippen LogP contribution in [-0.2, 0) is 9.59 Å². The number of hydrogen-bond acceptors (Lipinski definition) is 6. The van der Waals surface area contributed by atoms with Crippen molar-refractivity contribution in [3.8, 4) is 0 Å². The summed E-state index contributed by atoms with van der Waals surface area (Å²) in [6.07, 6.45) is 10.6. The van der Waals surface area contributed by atoms with Crippen LogP contribution >= 0.6 is 0 Å². The van der Waals surface area contributed by atoms with Crippen LogP contribution in [0.4, 0.5) is 5.82 Å². The number of carbonyl (C=O) groups is 2. The number of anilines is 1. The van der Waals surface area contributed by atoms with E-state index < -0.39 is 5.91 Å². The Kier molecular flexibility index (Phi) is 6.68. The molecular formula is C16H23N5O3. The lowest BCUT2D eigenvalue weighted by Gasteiger charge is -2.20. The van der Waals surface area contributed by atoms with Crippen LogP contribution < -0.4 is 16.1 Å². The van der Waals surface area contributed by atoms with E-state index in [9.17, 15) is 9.59 Å². The third-order valence-corrected chi connectivity index (χ3v) is 3.94. The highest BCUT2D eigenvalue weighted by Gasteiger charge is 2.22. The van der Waals surface area contributed by atoms with Crippen LogP contribution in [0.15, 0.2) is 18.5 Å². The molecule has 24 heavy (non-hydrogen) atoms. The van der Waals surface area contributed by atoms with E-state index in [2.05, 4.69) is 20.6 Å². The van der Waals surface area contributed by atoms with Crippen LogP contribution in [0, 0.1) is 0 Å². The molecule has 1 aromatic heterocycles. The topological polar surface area (TPSA) is 116 Å². The normalized spacial score (nSPS) is 16.1. The van der Waals surface area contributed by atoms with Gasteiger partial charge < -0.3 is 10.6 Å². The van der Waals surface area contributed by atoms with Crippen molar-refractivity contribution >= 4 is 23.7 Å². The second kappa shape index (κ2) is 8.97. The van der Waals surface area contributed by atoms with Crippen molar-refractivity contribution in [1.82, 2.24) is 20.8 Å². The lowest BCUT2D eigenvalue weighted by atomic mass is 10.1. The highest BCUT2D eigenvalue weighted by molar-refractivity contribution is 5.90. The molecule has 0 radical (unpaired) electrons. The monoisotopic (exact) mass is 333 g/mol. The number of carbonyl (C=O) groups excluding carboxylic acids is 2. The fraction of sp³-hybridized carbons (Fsp3) is 0.500. The van der Waals surface area contributed by atoms with Gasteiger partial charge in [0.15, 0.2) is 0 Å². The predicted molar refractivity (Wildman–Crippen MR) is 89.1 cm³/mol. The molecule has 0 aliphatic heterocycles. The van der Waals surface area contributed by atoms with E-state index in [0.29, 0.717) is 17.9 Å². The van der Waals surface area contributed by atoms with Gasteiger partial charge in [0.2, 0.25) is 5.91 Å². The highest BCUT2D eigenvalue weighted by Crippen LogP contribution is 2.18. The predicted octanol–water partition coefficient (Wildman–Crippen LogP) is 1.24. The smallest absolute Gasteiger partial charge is 0.267 e. The summed E-state index contributed by atoms with van der Waals surface area (Å²) in [6.45, 7) is 1.93. The summed E-state index contributed by atoms with van der Waals surface area (Å²) in [6, 6.07) is -0.0777. The Balaban J connectivity index is 1.91. The lowest BCUT2D eigenvalue weighted by molar-refractivity contribution is -0.124. The SMILES string of the molecule is CC[C@@H](Nc1cnc(C=CC(=O)NO)cn1)C(=O)NC1CCCC1. The molecule has 0 bridgehead atoms. The summed E-state index contributed by atoms with van der Waals surface area (Å²) in [5.41, 5.74) is 1.96. The summed E-state index contributed by atoms with van der Waals surface area (Å²) in [7, 11) is 0. The van der Waals surface area contributed by atoms with Gasteiger partial charge in [0, 0.05) is 12.1 Å². The molecule has 0 aromatic carbocycles. The van der Waals surface area contributed by atoms with Crippen LogP contribution in [-0.4, -0.2) is 39.1 Å². The summed E-state index contributed by atoms with van der Waals surface area (Å²) in [5.74, 6) is -0.171. The van der Waals surface area contributed by atoms with Gasteiger partial charge in [-0.05, 0) is 25.3 Å². The molecular weight excluding hydrogens is 310 g/mol. The first kappa shape index (κ1) is 17.9. The first-order chi connectivity index (χ1) is 11.6. The molecule has 1 fully saturated rings. The summed E-state index contributed by atoms with van der Waals surface area (Å²) in [5, 5.41) is 14.6. The lowest BCUT2D eigenvalue weighted by Crippen LogP contribution is -2.43. The molecule has 1 aliphatic carbocycles. The number of nitrogens with one attached hydrogen (secondary N) is 3. The molecule has 0 spiro atoms. The molecule has 4 N–H and O–H groups in total. The molecule has 2 rings (SSSR count). The van der Waals surface area contributed by atoms with E-state index in [-0.39, 0.29) is 18.0 Å². The zero-order valence-electron chi connectivity index (χ0n) is 13.7. The Bertz CT molecular complexity index is 582. The molecule has 1 atom stereocenters. The standard InChI is InChI=1S/C16H23N5O3/c1-2-13(16(23)19-11-5-3-4-6-11)20-14-10-17-12(9-18-14)7-8-15(22)21-24/h7-11,13,24H,2-6H2,1H3,(H,18,20)(H,19,23)(H,21,22)/t13-/m1/s1. The number of rotatable bonds is 7. The molecule has 0 unspecified atom stereocenters. The van der Waals surface area contributed by atoms with Crippen LogP contribution in [0.3, 0.4) is 0 Å². The van der Waals surface area contributed by atoms with Crippen LogP contribution in [0.5, 0.6) is 0 Å². The minimum absolute atomic E-state index is 0.0187. The molecule has 8 heteroatoms. The second-order valence-electron chi connectivity index (χ2n) is 5.73. The van der Waals surface area contributed by atoms with Gasteiger partial charge in [0.05, 0.1) is 18.1 Å². The van der Waals surface area contributed by atoms with Gasteiger partial charge >= 0.3 is 0 Å². The van der Waals surface area contributed by atoms with E-state index in [4.69, 9.17) is 5.21 Å². The Morgan fingerprint density at radius 3 is 2.67 bits per heavy atom. The van der Waals surface area contributed by atoms with E-state index >= 15 is 0 Å². The van der Waals surface area contributed by atoms with Crippen molar-refractivity contribution in [2.24, 2.45) is 0 Å². The number of hydroxylamine groups is 1. The number of nitrogens with zero attached hydrogens (tertiary/aromatic N) is 2. The molecule has 8 nitrogen and oxygen atoms in total. The maximum Gasteiger partial charge on any atom is 0.267 e. The number of amides is 2. The van der Waals surface area contributed by atoms with Gasteiger partial charge in [0.25, 0.3) is 5.91 Å². The Morgan fingerprint density at radius 1 is 1.33 bits per heavy atom. The van der Waals surface area contributed by atoms with Crippen LogP contribution in [0.1, 0.15) is 44.7 Å². The van der Waals surface area contributed by atoms with E-state index in [0.717, 1.165) is 18.9 Å². The number of aromatic nitrogens is 2. The van der Waals surface area contributed by atoms with Gasteiger partial charge in [0.1, 0.15) is 11.9 Å². The summed E-state index contributed by atoms with van der Waals surface area (Å²) in [4.78, 5) is 31.5. The first-order valence-electron chi connectivity index (χ1n) is 8.13. The quantitative estimate of drug-likeness (QED) is 0.339. The van der Waals surface area contributed by atoms with Crippen molar-refractivity contribution in [3.05, 3.63) is 24.2 Å². The molecule has 1 aromatic rings. The molecule has 1 heterocycles. The van der Waals surface area contributed by atoms with Crippen molar-refractivity contribution in [3.63, 3.8) is 0 Å². The average molecular weight is 333 g/mol. The summed E-state index contributed by atoms with van der Waals surface area (Å²) >= 11 is 0. The van der Waals surface area contributed by atoms with E-state index in [1.807, 2.05) is 6.92 Å². The van der Waals surface area contributed by atoms with Crippen LogP contribution in [0.25, 0.3) is 6.08 Å². The van der Waals surface area contributed by atoms with Crippen molar-refractivity contribution in [2.75, 3.05) is 5.32 Å². The Labute approximate surface area is 140 Å². The largest absolute Gasteiger partial charge is 0.357 e. The molecule has 130 valence electrons. The first-order valence-corrected chi connectivity index (χ1v) is 8.13. The van der Waals surface area contributed by atoms with Gasteiger partial charge in [-0.15, -0.1) is 0 Å². The van der Waals surface area contributed by atoms with E-state index in [1.165, 1.54) is 36.8 Å². The third kappa shape index (κ3) is 5.31. The maximum atomic E-state index is 12.3. The fourth-order valence-corrected chi connectivity index (χ4v) is 2.60.